The molecule has 0 amide bonds. The Labute approximate surface area is 103 Å². The molecule has 0 radical (unpaired) electrons. The number of sulfone groups is 1. The van der Waals surface area contributed by atoms with E-state index in [9.17, 15) is 8.42 Å². The van der Waals surface area contributed by atoms with Crippen LogP contribution >= 0.6 is 0 Å². The van der Waals surface area contributed by atoms with Gasteiger partial charge in [0.1, 0.15) is 0 Å². The summed E-state index contributed by atoms with van der Waals surface area (Å²) < 4.78 is 24.4. The van der Waals surface area contributed by atoms with Crippen molar-refractivity contribution in [1.82, 2.24) is 15.1 Å². The molecule has 1 aromatic rings. The Hall–Kier alpha value is -0.880. The molecule has 0 bridgehead atoms. The molecule has 17 heavy (non-hydrogen) atoms. The van der Waals surface area contributed by atoms with Crippen LogP contribution in [0.5, 0.6) is 0 Å². The van der Waals surface area contributed by atoms with Crippen molar-refractivity contribution in [3.05, 3.63) is 17.0 Å². The van der Waals surface area contributed by atoms with Gasteiger partial charge < -0.3 is 5.32 Å². The van der Waals surface area contributed by atoms with E-state index in [-0.39, 0.29) is 11.5 Å². The van der Waals surface area contributed by atoms with E-state index in [1.165, 1.54) is 0 Å². The highest BCUT2D eigenvalue weighted by molar-refractivity contribution is 7.91. The largest absolute Gasteiger partial charge is 0.312 e. The van der Waals surface area contributed by atoms with Crippen molar-refractivity contribution in [3.63, 3.8) is 0 Å². The Morgan fingerprint density at radius 1 is 1.35 bits per heavy atom. The zero-order valence-electron chi connectivity index (χ0n) is 10.9. The standard InChI is InChI=1S/C11H21N3O2S/c1-5-17(15,16)7-6-12-8-11-9(2)13-14(4)10(11)3/h12H,5-8H2,1-4H3. The first-order valence-corrected chi connectivity index (χ1v) is 7.59. The van der Waals surface area contributed by atoms with Crippen LogP contribution in [0.15, 0.2) is 0 Å². The third kappa shape index (κ3) is 3.81. The van der Waals surface area contributed by atoms with Gasteiger partial charge in [-0.05, 0) is 13.8 Å². The molecule has 0 aliphatic carbocycles. The van der Waals surface area contributed by atoms with E-state index in [0.717, 1.165) is 17.0 Å². The Bertz CT molecular complexity index is 477. The van der Waals surface area contributed by atoms with E-state index in [4.69, 9.17) is 0 Å². The van der Waals surface area contributed by atoms with Gasteiger partial charge in [-0.2, -0.15) is 5.10 Å². The van der Waals surface area contributed by atoms with Crippen molar-refractivity contribution >= 4 is 9.84 Å². The molecule has 0 unspecified atom stereocenters. The summed E-state index contributed by atoms with van der Waals surface area (Å²) in [5.41, 5.74) is 3.27. The number of aryl methyl sites for hydroxylation is 2. The van der Waals surface area contributed by atoms with E-state index in [0.29, 0.717) is 13.1 Å². The van der Waals surface area contributed by atoms with Crippen LogP contribution in [0.4, 0.5) is 0 Å². The van der Waals surface area contributed by atoms with Gasteiger partial charge in [-0.3, -0.25) is 4.68 Å². The predicted octanol–water partition coefficient (Wildman–Crippen LogP) is 0.561. The maximum Gasteiger partial charge on any atom is 0.151 e. The first kappa shape index (κ1) is 14.2. The van der Waals surface area contributed by atoms with E-state index >= 15 is 0 Å². The van der Waals surface area contributed by atoms with Gasteiger partial charge >= 0.3 is 0 Å². The van der Waals surface area contributed by atoms with E-state index in [2.05, 4.69) is 10.4 Å². The predicted molar refractivity (Wildman–Crippen MR) is 68.7 cm³/mol. The molecule has 0 aliphatic heterocycles. The van der Waals surface area contributed by atoms with E-state index < -0.39 is 9.84 Å². The molecule has 0 spiro atoms. The molecular formula is C11H21N3O2S. The second kappa shape index (κ2) is 5.64. The first-order chi connectivity index (χ1) is 7.87. The minimum absolute atomic E-state index is 0.196. The van der Waals surface area contributed by atoms with Crippen molar-refractivity contribution < 1.29 is 8.42 Å². The normalized spacial score (nSPS) is 12.0. The smallest absolute Gasteiger partial charge is 0.151 e. The Balaban J connectivity index is 2.47. The monoisotopic (exact) mass is 259 g/mol. The summed E-state index contributed by atoms with van der Waals surface area (Å²) >= 11 is 0. The number of rotatable bonds is 6. The zero-order valence-corrected chi connectivity index (χ0v) is 11.8. The lowest BCUT2D eigenvalue weighted by Gasteiger charge is -2.05. The van der Waals surface area contributed by atoms with Crippen LogP contribution in [-0.4, -0.2) is 36.2 Å². The summed E-state index contributed by atoms with van der Waals surface area (Å²) in [5, 5.41) is 7.47. The molecule has 1 heterocycles. The molecule has 98 valence electrons. The van der Waals surface area contributed by atoms with Crippen molar-refractivity contribution in [1.29, 1.82) is 0 Å². The summed E-state index contributed by atoms with van der Waals surface area (Å²) in [6, 6.07) is 0. The molecule has 1 rings (SSSR count). The summed E-state index contributed by atoms with van der Waals surface area (Å²) in [6.45, 7) is 6.81. The third-order valence-corrected chi connectivity index (χ3v) is 4.70. The van der Waals surface area contributed by atoms with Crippen LogP contribution in [0.25, 0.3) is 0 Å². The van der Waals surface area contributed by atoms with Crippen LogP contribution in [0.1, 0.15) is 23.9 Å². The molecular weight excluding hydrogens is 238 g/mol. The van der Waals surface area contributed by atoms with Gasteiger partial charge in [0.25, 0.3) is 0 Å². The second-order valence-corrected chi connectivity index (χ2v) is 6.66. The molecule has 0 saturated heterocycles. The Morgan fingerprint density at radius 2 is 2.00 bits per heavy atom. The fourth-order valence-corrected chi connectivity index (χ4v) is 2.40. The highest BCUT2D eigenvalue weighted by Crippen LogP contribution is 2.10. The maximum atomic E-state index is 11.3. The van der Waals surface area contributed by atoms with Gasteiger partial charge in [0.2, 0.25) is 0 Å². The number of aromatic nitrogens is 2. The van der Waals surface area contributed by atoms with Crippen LogP contribution in [0, 0.1) is 13.8 Å². The minimum Gasteiger partial charge on any atom is -0.312 e. The van der Waals surface area contributed by atoms with Gasteiger partial charge in [-0.25, -0.2) is 8.42 Å². The highest BCUT2D eigenvalue weighted by Gasteiger charge is 2.10. The molecule has 0 saturated carbocycles. The van der Waals surface area contributed by atoms with Crippen molar-refractivity contribution in [3.8, 4) is 0 Å². The molecule has 0 atom stereocenters. The number of nitrogens with zero attached hydrogens (tertiary/aromatic N) is 2. The SMILES string of the molecule is CCS(=O)(=O)CCNCc1c(C)nn(C)c1C. The molecule has 0 aromatic carbocycles. The van der Waals surface area contributed by atoms with Crippen LogP contribution in [0.3, 0.4) is 0 Å². The van der Waals surface area contributed by atoms with Crippen LogP contribution < -0.4 is 5.32 Å². The molecule has 0 aliphatic rings. The minimum atomic E-state index is -2.87. The summed E-state index contributed by atoms with van der Waals surface area (Å²) in [4.78, 5) is 0. The molecule has 5 nitrogen and oxygen atoms in total. The average Bonchev–Trinajstić information content (AvgIpc) is 2.50. The molecule has 1 aromatic heterocycles. The fourth-order valence-electron chi connectivity index (χ4n) is 1.66. The van der Waals surface area contributed by atoms with Crippen LogP contribution in [-0.2, 0) is 23.4 Å². The lowest BCUT2D eigenvalue weighted by atomic mass is 10.2. The molecule has 1 N–H and O–H groups in total. The molecule has 0 fully saturated rings. The third-order valence-electron chi connectivity index (χ3n) is 2.99. The number of hydrogen-bond acceptors (Lipinski definition) is 4. The highest BCUT2D eigenvalue weighted by atomic mass is 32.2. The van der Waals surface area contributed by atoms with Crippen LogP contribution in [0.2, 0.25) is 0 Å². The van der Waals surface area contributed by atoms with Crippen molar-refractivity contribution in [2.24, 2.45) is 7.05 Å². The number of nitrogens with one attached hydrogen (secondary N) is 1. The average molecular weight is 259 g/mol. The first-order valence-electron chi connectivity index (χ1n) is 5.77. The van der Waals surface area contributed by atoms with Gasteiger partial charge in [0.15, 0.2) is 9.84 Å². The van der Waals surface area contributed by atoms with Crippen molar-refractivity contribution in [2.45, 2.75) is 27.3 Å². The second-order valence-electron chi connectivity index (χ2n) is 4.19. The summed E-state index contributed by atoms with van der Waals surface area (Å²) in [6.07, 6.45) is 0. The van der Waals surface area contributed by atoms with Gasteiger partial charge in [-0.15, -0.1) is 0 Å². The maximum absolute atomic E-state index is 11.3. The lowest BCUT2D eigenvalue weighted by Crippen LogP contribution is -2.24. The van der Waals surface area contributed by atoms with Gasteiger partial charge in [-0.1, -0.05) is 6.92 Å². The quantitative estimate of drug-likeness (QED) is 0.758. The Morgan fingerprint density at radius 3 is 2.47 bits per heavy atom. The summed E-state index contributed by atoms with van der Waals surface area (Å²) in [7, 11) is -0.962. The lowest BCUT2D eigenvalue weighted by molar-refractivity contribution is 0.591. The zero-order chi connectivity index (χ0) is 13.1. The fraction of sp³-hybridized carbons (Fsp3) is 0.727. The van der Waals surface area contributed by atoms with Gasteiger partial charge in [0.05, 0.1) is 11.4 Å². The van der Waals surface area contributed by atoms with Crippen molar-refractivity contribution in [2.75, 3.05) is 18.1 Å². The summed E-state index contributed by atoms with van der Waals surface area (Å²) in [5.74, 6) is 0.404. The van der Waals surface area contributed by atoms with Gasteiger partial charge in [0, 0.05) is 37.1 Å². The van der Waals surface area contributed by atoms with E-state index in [1.807, 2.05) is 25.6 Å². The number of hydrogen-bond donors (Lipinski definition) is 1. The topological polar surface area (TPSA) is 64.0 Å². The Kier molecular flexibility index (Phi) is 4.70. The molecule has 6 heteroatoms. The van der Waals surface area contributed by atoms with E-state index in [1.54, 1.807) is 6.92 Å².